The van der Waals surface area contributed by atoms with Crippen molar-refractivity contribution in [1.82, 2.24) is 0 Å². The molecule has 89 heavy (non-hydrogen) atoms. The van der Waals surface area contributed by atoms with E-state index in [0.29, 0.717) is 37.5 Å². The van der Waals surface area contributed by atoms with Crippen LogP contribution in [0.1, 0.15) is 344 Å². The van der Waals surface area contributed by atoms with Crippen molar-refractivity contribution in [3.05, 3.63) is 0 Å². The predicted molar refractivity (Wildman–Crippen MR) is 358 cm³/mol. The van der Waals surface area contributed by atoms with Crippen LogP contribution in [0.5, 0.6) is 0 Å². The highest BCUT2D eigenvalue weighted by Gasteiger charge is 2.30. The molecule has 0 amide bonds. The highest BCUT2D eigenvalue weighted by molar-refractivity contribution is 7.47. The zero-order valence-electron chi connectivity index (χ0n) is 58.1. The van der Waals surface area contributed by atoms with Crippen LogP contribution in [0.25, 0.3) is 0 Å². The zero-order chi connectivity index (χ0) is 66.1. The van der Waals surface area contributed by atoms with E-state index in [0.717, 1.165) is 108 Å². The van der Waals surface area contributed by atoms with Crippen molar-refractivity contribution in [2.45, 2.75) is 363 Å². The van der Waals surface area contributed by atoms with Gasteiger partial charge in [0.25, 0.3) is 0 Å². The molecule has 0 aromatic rings. The predicted octanol–water partition coefficient (Wildman–Crippen LogP) is 19.7. The number of unbranched alkanes of at least 4 members (excludes halogenated alkanes) is 32. The monoisotopic (exact) mass is 1310 g/mol. The van der Waals surface area contributed by atoms with E-state index in [-0.39, 0.29) is 25.7 Å². The number of hydrogen-bond donors (Lipinski definition) is 3. The minimum absolute atomic E-state index is 0.103. The van der Waals surface area contributed by atoms with E-state index in [1.165, 1.54) is 141 Å². The molecule has 0 aliphatic rings. The van der Waals surface area contributed by atoms with E-state index in [2.05, 4.69) is 55.4 Å². The number of carbonyl (C=O) groups is 4. The minimum atomic E-state index is -4.95. The van der Waals surface area contributed by atoms with Crippen LogP contribution in [0.3, 0.4) is 0 Å². The first-order valence-electron chi connectivity index (χ1n) is 36.2. The van der Waals surface area contributed by atoms with Gasteiger partial charge in [-0.05, 0) is 49.4 Å². The Hall–Kier alpha value is -1.94. The summed E-state index contributed by atoms with van der Waals surface area (Å²) in [6.45, 7) is 14.0. The normalized spacial score (nSPS) is 14.6. The number of phosphoric acid groups is 2. The summed E-state index contributed by atoms with van der Waals surface area (Å²) >= 11 is 0. The summed E-state index contributed by atoms with van der Waals surface area (Å²) in [7, 11) is -9.90. The SMILES string of the molecule is CCC(C)CCCCCCCCCCCCCCCCC(=O)OC[C@H](COP(=O)(O)OC[C@@H](O)COP(=O)(O)OC[C@@H](COC(=O)CCCCCCCCC(C)C)OC(=O)CCCCCCCCCCCC(C)C)OC(=O)CCCCCCCCCC(C)C. The third-order valence-electron chi connectivity index (χ3n) is 16.4. The number of phosphoric ester groups is 2. The summed E-state index contributed by atoms with van der Waals surface area (Å²) in [4.78, 5) is 72.4. The van der Waals surface area contributed by atoms with Gasteiger partial charge in [0, 0.05) is 25.7 Å². The molecule has 3 unspecified atom stereocenters. The van der Waals surface area contributed by atoms with Crippen LogP contribution < -0.4 is 0 Å². The summed E-state index contributed by atoms with van der Waals surface area (Å²) in [6, 6.07) is 0. The van der Waals surface area contributed by atoms with Crippen LogP contribution in [0.4, 0.5) is 0 Å². The lowest BCUT2D eigenvalue weighted by Crippen LogP contribution is -2.30. The fraction of sp³-hybridized carbons (Fsp3) is 0.943. The summed E-state index contributed by atoms with van der Waals surface area (Å²) in [6.07, 6.45) is 42.0. The molecular weight excluding hydrogens is 1170 g/mol. The summed E-state index contributed by atoms with van der Waals surface area (Å²) in [5.41, 5.74) is 0. The first kappa shape index (κ1) is 87.1. The van der Waals surface area contributed by atoms with Gasteiger partial charge in [0.2, 0.25) is 0 Å². The van der Waals surface area contributed by atoms with Gasteiger partial charge in [0.05, 0.1) is 26.4 Å². The van der Waals surface area contributed by atoms with Gasteiger partial charge in [0.1, 0.15) is 19.3 Å². The van der Waals surface area contributed by atoms with Gasteiger partial charge < -0.3 is 33.8 Å². The zero-order valence-corrected chi connectivity index (χ0v) is 59.8. The maximum Gasteiger partial charge on any atom is 0.472 e. The second kappa shape index (κ2) is 59.8. The lowest BCUT2D eigenvalue weighted by molar-refractivity contribution is -0.161. The molecule has 0 aliphatic heterocycles. The number of esters is 4. The van der Waals surface area contributed by atoms with Crippen LogP contribution in [0.2, 0.25) is 0 Å². The molecule has 0 saturated carbocycles. The van der Waals surface area contributed by atoms with Crippen LogP contribution in [0, 0.1) is 23.7 Å². The van der Waals surface area contributed by atoms with Crippen LogP contribution >= 0.6 is 15.6 Å². The maximum absolute atomic E-state index is 13.0. The molecule has 0 spiro atoms. The Labute approximate surface area is 543 Å². The molecule has 0 bridgehead atoms. The molecule has 0 rings (SSSR count). The van der Waals surface area contributed by atoms with Gasteiger partial charge in [0.15, 0.2) is 12.2 Å². The summed E-state index contributed by atoms with van der Waals surface area (Å²) in [5.74, 6) is 0.827. The highest BCUT2D eigenvalue weighted by atomic mass is 31.2. The van der Waals surface area contributed by atoms with Crippen molar-refractivity contribution >= 4 is 39.5 Å². The molecule has 0 aromatic heterocycles. The third kappa shape index (κ3) is 63.2. The lowest BCUT2D eigenvalue weighted by Gasteiger charge is -2.21. The van der Waals surface area contributed by atoms with E-state index in [1.807, 2.05) is 0 Å². The molecule has 6 atom stereocenters. The Morgan fingerprint density at radius 1 is 0.315 bits per heavy atom. The lowest BCUT2D eigenvalue weighted by atomic mass is 9.99. The fourth-order valence-electron chi connectivity index (χ4n) is 10.5. The first-order valence-corrected chi connectivity index (χ1v) is 39.2. The van der Waals surface area contributed by atoms with Crippen molar-refractivity contribution in [3.8, 4) is 0 Å². The molecule has 17 nitrogen and oxygen atoms in total. The van der Waals surface area contributed by atoms with Crippen molar-refractivity contribution < 1.29 is 80.2 Å². The molecule has 0 fully saturated rings. The second-order valence-electron chi connectivity index (χ2n) is 26.9. The number of hydrogen-bond acceptors (Lipinski definition) is 15. The topological polar surface area (TPSA) is 237 Å². The van der Waals surface area contributed by atoms with E-state index in [4.69, 9.17) is 37.0 Å². The Kier molecular flexibility index (Phi) is 58.5. The molecule has 0 aromatic carbocycles. The fourth-order valence-corrected chi connectivity index (χ4v) is 12.0. The number of ether oxygens (including phenoxy) is 4. The van der Waals surface area contributed by atoms with Crippen molar-refractivity contribution in [1.29, 1.82) is 0 Å². The molecule has 528 valence electrons. The van der Waals surface area contributed by atoms with Crippen molar-refractivity contribution in [2.24, 2.45) is 23.7 Å². The molecule has 0 aliphatic carbocycles. The van der Waals surface area contributed by atoms with E-state index >= 15 is 0 Å². The second-order valence-corrected chi connectivity index (χ2v) is 29.8. The van der Waals surface area contributed by atoms with Crippen LogP contribution in [-0.4, -0.2) is 96.7 Å². The van der Waals surface area contributed by atoms with Gasteiger partial charge >= 0.3 is 39.5 Å². The number of aliphatic hydroxyl groups excluding tert-OH is 1. The Morgan fingerprint density at radius 2 is 0.539 bits per heavy atom. The Bertz CT molecular complexity index is 1770. The number of aliphatic hydroxyl groups is 1. The van der Waals surface area contributed by atoms with E-state index in [9.17, 15) is 43.2 Å². The minimum Gasteiger partial charge on any atom is -0.462 e. The summed E-state index contributed by atoms with van der Waals surface area (Å²) in [5, 5.41) is 10.6. The van der Waals surface area contributed by atoms with E-state index < -0.39 is 97.5 Å². The molecule has 3 N–H and O–H groups in total. The van der Waals surface area contributed by atoms with Crippen molar-refractivity contribution in [3.63, 3.8) is 0 Å². The smallest absolute Gasteiger partial charge is 0.462 e. The molecule has 19 heteroatoms. The maximum atomic E-state index is 13.0. The molecule has 0 radical (unpaired) electrons. The molecule has 0 heterocycles. The molecular formula is C70H136O17P2. The standard InChI is InChI=1S/C70H136O17P2/c1-9-63(8)49-41-33-24-18-14-12-10-11-13-15-19-25-34-42-50-67(72)80-56-65(87-70(75)53-45-37-27-21-23-31-39-47-61(4)5)58-84-88(76,77)82-54-64(71)55-83-89(78,79)85-59-66(57-81-68(73)51-43-35-29-28-32-40-48-62(6)7)86-69(74)52-44-36-26-20-16-17-22-30-38-46-60(2)3/h60-66,71H,9-59H2,1-8H3,(H,76,77)(H,78,79)/t63?,64-,65-,66-/m1/s1. The molecule has 0 saturated heterocycles. The average molecular weight is 1310 g/mol. The number of rotatable bonds is 67. The van der Waals surface area contributed by atoms with Gasteiger partial charge in [-0.15, -0.1) is 0 Å². The van der Waals surface area contributed by atoms with Crippen LogP contribution in [-0.2, 0) is 65.4 Å². The summed E-state index contributed by atoms with van der Waals surface area (Å²) < 4.78 is 68.2. The quantitative estimate of drug-likeness (QED) is 0.0222. The van der Waals surface area contributed by atoms with Gasteiger partial charge in [-0.3, -0.25) is 37.3 Å². The van der Waals surface area contributed by atoms with Crippen molar-refractivity contribution in [2.75, 3.05) is 39.6 Å². The largest absolute Gasteiger partial charge is 0.472 e. The average Bonchev–Trinajstić information content (AvgIpc) is 3.70. The van der Waals surface area contributed by atoms with Gasteiger partial charge in [-0.25, -0.2) is 9.13 Å². The third-order valence-corrected chi connectivity index (χ3v) is 18.3. The van der Waals surface area contributed by atoms with E-state index in [1.54, 1.807) is 0 Å². The Balaban J connectivity index is 5.18. The van der Waals surface area contributed by atoms with Gasteiger partial charge in [-0.1, -0.05) is 293 Å². The highest BCUT2D eigenvalue weighted by Crippen LogP contribution is 2.45. The number of carbonyl (C=O) groups excluding carboxylic acids is 4. The first-order chi connectivity index (χ1) is 42.6. The van der Waals surface area contributed by atoms with Gasteiger partial charge in [-0.2, -0.15) is 0 Å². The van der Waals surface area contributed by atoms with Crippen LogP contribution in [0.15, 0.2) is 0 Å². The Morgan fingerprint density at radius 3 is 0.798 bits per heavy atom.